The predicted octanol–water partition coefficient (Wildman–Crippen LogP) is 4.23. The van der Waals surface area contributed by atoms with Gasteiger partial charge in [0, 0.05) is 5.69 Å². The van der Waals surface area contributed by atoms with E-state index >= 15 is 0 Å². The van der Waals surface area contributed by atoms with Crippen LogP contribution in [0.15, 0.2) is 36.4 Å². The minimum Gasteiger partial charge on any atom is -0.478 e. The zero-order valence-electron chi connectivity index (χ0n) is 14.7. The van der Waals surface area contributed by atoms with E-state index in [1.807, 2.05) is 52.0 Å². The SMILES string of the molecule is Cc1cc(C)c(C(=O)O)cc1NC(=O)C(C)(C)c1ccccc1C. The smallest absolute Gasteiger partial charge is 0.336 e. The van der Waals surface area contributed by atoms with Gasteiger partial charge >= 0.3 is 5.97 Å². The summed E-state index contributed by atoms with van der Waals surface area (Å²) in [4.78, 5) is 24.2. The first-order chi connectivity index (χ1) is 11.1. The Morgan fingerprint density at radius 3 is 2.17 bits per heavy atom. The van der Waals surface area contributed by atoms with E-state index in [9.17, 15) is 14.7 Å². The van der Waals surface area contributed by atoms with E-state index in [0.717, 1.165) is 16.7 Å². The maximum atomic E-state index is 12.8. The van der Waals surface area contributed by atoms with Gasteiger partial charge in [0.15, 0.2) is 0 Å². The summed E-state index contributed by atoms with van der Waals surface area (Å²) >= 11 is 0. The Morgan fingerprint density at radius 2 is 1.58 bits per heavy atom. The molecule has 2 N–H and O–H groups in total. The van der Waals surface area contributed by atoms with Gasteiger partial charge in [-0.05, 0) is 62.9 Å². The fourth-order valence-corrected chi connectivity index (χ4v) is 2.89. The van der Waals surface area contributed by atoms with Gasteiger partial charge in [-0.1, -0.05) is 30.3 Å². The average molecular weight is 325 g/mol. The molecule has 0 aliphatic rings. The van der Waals surface area contributed by atoms with Gasteiger partial charge in [0.05, 0.1) is 11.0 Å². The Hall–Kier alpha value is -2.62. The normalized spacial score (nSPS) is 11.2. The highest BCUT2D eigenvalue weighted by Crippen LogP contribution is 2.29. The number of carboxylic acid groups (broad SMARTS) is 1. The molecular formula is C20H23NO3. The van der Waals surface area contributed by atoms with Crippen LogP contribution in [-0.4, -0.2) is 17.0 Å². The molecule has 0 aromatic heterocycles. The molecule has 0 saturated carbocycles. The number of carboxylic acids is 1. The number of aryl methyl sites for hydroxylation is 3. The van der Waals surface area contributed by atoms with Crippen LogP contribution in [0.4, 0.5) is 5.69 Å². The molecule has 0 bridgehead atoms. The van der Waals surface area contributed by atoms with Crippen LogP contribution in [0, 0.1) is 20.8 Å². The second-order valence-corrected chi connectivity index (χ2v) is 6.68. The van der Waals surface area contributed by atoms with Crippen molar-refractivity contribution < 1.29 is 14.7 Å². The van der Waals surface area contributed by atoms with Crippen LogP contribution < -0.4 is 5.32 Å². The van der Waals surface area contributed by atoms with E-state index in [4.69, 9.17) is 0 Å². The van der Waals surface area contributed by atoms with Gasteiger partial charge in [-0.15, -0.1) is 0 Å². The quantitative estimate of drug-likeness (QED) is 0.884. The third-order valence-corrected chi connectivity index (χ3v) is 4.44. The number of rotatable bonds is 4. The average Bonchev–Trinajstić information content (AvgIpc) is 2.49. The number of benzene rings is 2. The van der Waals surface area contributed by atoms with E-state index < -0.39 is 11.4 Å². The summed E-state index contributed by atoms with van der Waals surface area (Å²) in [5.74, 6) is -1.17. The van der Waals surface area contributed by atoms with E-state index in [0.29, 0.717) is 11.3 Å². The van der Waals surface area contributed by atoms with Crippen LogP contribution in [0.25, 0.3) is 0 Å². The third-order valence-electron chi connectivity index (χ3n) is 4.44. The lowest BCUT2D eigenvalue weighted by atomic mass is 9.81. The Kier molecular flexibility index (Phi) is 4.78. The van der Waals surface area contributed by atoms with E-state index in [1.54, 1.807) is 13.0 Å². The molecule has 0 aliphatic heterocycles. The van der Waals surface area contributed by atoms with Crippen molar-refractivity contribution in [3.8, 4) is 0 Å². The summed E-state index contributed by atoms with van der Waals surface area (Å²) in [6.07, 6.45) is 0. The van der Waals surface area contributed by atoms with Crippen LogP contribution in [0.5, 0.6) is 0 Å². The summed E-state index contributed by atoms with van der Waals surface area (Å²) in [6, 6.07) is 11.1. The Bertz CT molecular complexity index is 807. The molecule has 2 aromatic rings. The fraction of sp³-hybridized carbons (Fsp3) is 0.300. The van der Waals surface area contributed by atoms with Crippen molar-refractivity contribution in [2.75, 3.05) is 5.32 Å². The van der Waals surface area contributed by atoms with Crippen LogP contribution >= 0.6 is 0 Å². The third kappa shape index (κ3) is 3.32. The minimum atomic E-state index is -0.999. The van der Waals surface area contributed by atoms with Crippen LogP contribution in [-0.2, 0) is 10.2 Å². The molecule has 126 valence electrons. The Labute approximate surface area is 142 Å². The van der Waals surface area contributed by atoms with Gasteiger partial charge in [-0.25, -0.2) is 4.79 Å². The van der Waals surface area contributed by atoms with E-state index in [1.165, 1.54) is 6.07 Å². The van der Waals surface area contributed by atoms with Gasteiger partial charge in [0.2, 0.25) is 5.91 Å². The van der Waals surface area contributed by atoms with Crippen molar-refractivity contribution in [2.45, 2.75) is 40.0 Å². The van der Waals surface area contributed by atoms with Crippen molar-refractivity contribution in [3.63, 3.8) is 0 Å². The number of carbonyl (C=O) groups excluding carboxylic acids is 1. The predicted molar refractivity (Wildman–Crippen MR) is 95.7 cm³/mol. The standard InChI is InChI=1S/C20H23NO3/c1-12-8-6-7-9-16(12)20(4,5)19(24)21-17-11-15(18(22)23)13(2)10-14(17)3/h6-11H,1-5H3,(H,21,24)(H,22,23). The topological polar surface area (TPSA) is 66.4 Å². The number of hydrogen-bond donors (Lipinski definition) is 2. The lowest BCUT2D eigenvalue weighted by Crippen LogP contribution is -2.35. The number of nitrogens with one attached hydrogen (secondary N) is 1. The molecule has 24 heavy (non-hydrogen) atoms. The summed E-state index contributed by atoms with van der Waals surface area (Å²) in [5, 5.41) is 12.2. The first-order valence-electron chi connectivity index (χ1n) is 7.86. The largest absolute Gasteiger partial charge is 0.478 e. The van der Waals surface area contributed by atoms with Crippen LogP contribution in [0.1, 0.15) is 46.5 Å². The summed E-state index contributed by atoms with van der Waals surface area (Å²) in [7, 11) is 0. The van der Waals surface area contributed by atoms with Gasteiger partial charge in [-0.3, -0.25) is 4.79 Å². The highest BCUT2D eigenvalue weighted by molar-refractivity contribution is 6.00. The lowest BCUT2D eigenvalue weighted by molar-refractivity contribution is -0.120. The first kappa shape index (κ1) is 17.7. The molecule has 0 aliphatic carbocycles. The number of aromatic carboxylic acids is 1. The highest BCUT2D eigenvalue weighted by Gasteiger charge is 2.31. The van der Waals surface area contributed by atoms with Crippen LogP contribution in [0.2, 0.25) is 0 Å². The molecule has 4 nitrogen and oxygen atoms in total. The Morgan fingerprint density at radius 1 is 0.958 bits per heavy atom. The van der Waals surface area contributed by atoms with Crippen molar-refractivity contribution in [1.82, 2.24) is 0 Å². The molecule has 0 spiro atoms. The molecule has 0 unspecified atom stereocenters. The molecule has 0 fully saturated rings. The zero-order chi connectivity index (χ0) is 18.1. The monoisotopic (exact) mass is 325 g/mol. The van der Waals surface area contributed by atoms with Crippen molar-refractivity contribution in [2.24, 2.45) is 0 Å². The number of anilines is 1. The van der Waals surface area contributed by atoms with Gasteiger partial charge in [0.1, 0.15) is 0 Å². The number of hydrogen-bond acceptors (Lipinski definition) is 2. The maximum absolute atomic E-state index is 12.8. The van der Waals surface area contributed by atoms with Crippen molar-refractivity contribution >= 4 is 17.6 Å². The fourth-order valence-electron chi connectivity index (χ4n) is 2.89. The van der Waals surface area contributed by atoms with Crippen LogP contribution in [0.3, 0.4) is 0 Å². The second kappa shape index (κ2) is 6.48. The Balaban J connectivity index is 2.38. The van der Waals surface area contributed by atoms with E-state index in [-0.39, 0.29) is 11.5 Å². The highest BCUT2D eigenvalue weighted by atomic mass is 16.4. The molecule has 0 heterocycles. The van der Waals surface area contributed by atoms with Gasteiger partial charge < -0.3 is 10.4 Å². The van der Waals surface area contributed by atoms with Gasteiger partial charge in [-0.2, -0.15) is 0 Å². The van der Waals surface area contributed by atoms with Crippen molar-refractivity contribution in [1.29, 1.82) is 0 Å². The molecule has 0 atom stereocenters. The maximum Gasteiger partial charge on any atom is 0.336 e. The summed E-state index contributed by atoms with van der Waals surface area (Å²) in [6.45, 7) is 9.32. The molecule has 0 saturated heterocycles. The van der Waals surface area contributed by atoms with E-state index in [2.05, 4.69) is 5.32 Å². The molecule has 1 amide bonds. The molecule has 0 radical (unpaired) electrons. The second-order valence-electron chi connectivity index (χ2n) is 6.68. The summed E-state index contributed by atoms with van der Waals surface area (Å²) < 4.78 is 0. The van der Waals surface area contributed by atoms with Gasteiger partial charge in [0.25, 0.3) is 0 Å². The molecule has 2 aromatic carbocycles. The minimum absolute atomic E-state index is 0.167. The summed E-state index contributed by atoms with van der Waals surface area (Å²) in [5.41, 5.74) is 3.51. The zero-order valence-corrected chi connectivity index (χ0v) is 14.7. The molecule has 4 heteroatoms. The number of carbonyl (C=O) groups is 2. The number of amides is 1. The molecule has 2 rings (SSSR count). The first-order valence-corrected chi connectivity index (χ1v) is 7.86. The van der Waals surface area contributed by atoms with Crippen molar-refractivity contribution in [3.05, 3.63) is 64.2 Å². The lowest BCUT2D eigenvalue weighted by Gasteiger charge is -2.26. The molecular weight excluding hydrogens is 302 g/mol.